The molecule has 1 aliphatic heterocycles. The van der Waals surface area contributed by atoms with Gasteiger partial charge in [0.05, 0.1) is 11.9 Å². The van der Waals surface area contributed by atoms with Crippen molar-refractivity contribution >= 4 is 23.2 Å². The summed E-state index contributed by atoms with van der Waals surface area (Å²) in [5.74, 6) is -0.437. The van der Waals surface area contributed by atoms with E-state index >= 15 is 0 Å². The van der Waals surface area contributed by atoms with E-state index in [1.165, 1.54) is 10.7 Å². The first-order valence-electron chi connectivity index (χ1n) is 9.00. The van der Waals surface area contributed by atoms with Crippen molar-refractivity contribution < 1.29 is 9.18 Å². The van der Waals surface area contributed by atoms with E-state index in [1.807, 2.05) is 24.3 Å². The molecule has 8 heteroatoms. The minimum absolute atomic E-state index is 0.157. The van der Waals surface area contributed by atoms with Gasteiger partial charge in [-0.15, -0.1) is 5.10 Å². The van der Waals surface area contributed by atoms with Crippen molar-refractivity contribution in [3.05, 3.63) is 70.8 Å². The van der Waals surface area contributed by atoms with E-state index in [9.17, 15) is 9.18 Å². The summed E-state index contributed by atoms with van der Waals surface area (Å²) in [7, 11) is 0. The van der Waals surface area contributed by atoms with Gasteiger partial charge in [-0.3, -0.25) is 4.79 Å². The van der Waals surface area contributed by atoms with Crippen molar-refractivity contribution in [2.24, 2.45) is 0 Å². The Kier molecular flexibility index (Phi) is 5.00. The van der Waals surface area contributed by atoms with Crippen LogP contribution in [-0.2, 0) is 0 Å². The van der Waals surface area contributed by atoms with E-state index in [4.69, 9.17) is 11.6 Å². The van der Waals surface area contributed by atoms with Gasteiger partial charge in [0.25, 0.3) is 5.91 Å². The summed E-state index contributed by atoms with van der Waals surface area (Å²) in [6.07, 6.45) is 1.58. The highest BCUT2D eigenvalue weighted by atomic mass is 35.5. The molecule has 0 N–H and O–H groups in total. The molecule has 1 aromatic heterocycles. The number of nitrogens with zero attached hydrogens (tertiary/aromatic N) is 5. The molecule has 1 amide bonds. The van der Waals surface area contributed by atoms with Gasteiger partial charge in [-0.05, 0) is 48.9 Å². The van der Waals surface area contributed by atoms with E-state index in [0.29, 0.717) is 29.4 Å². The fourth-order valence-corrected chi connectivity index (χ4v) is 3.45. The highest BCUT2D eigenvalue weighted by Gasteiger charge is 2.24. The molecule has 1 saturated heterocycles. The van der Waals surface area contributed by atoms with Gasteiger partial charge in [-0.1, -0.05) is 22.9 Å². The molecule has 1 aliphatic rings. The predicted octanol–water partition coefficient (Wildman–Crippen LogP) is 3.33. The molecule has 0 bridgehead atoms. The van der Waals surface area contributed by atoms with Gasteiger partial charge in [0.1, 0.15) is 5.82 Å². The van der Waals surface area contributed by atoms with Crippen molar-refractivity contribution in [2.45, 2.75) is 6.92 Å². The van der Waals surface area contributed by atoms with Crippen molar-refractivity contribution in [2.75, 3.05) is 31.1 Å². The zero-order valence-corrected chi connectivity index (χ0v) is 16.1. The standard InChI is InChI=1S/C20H19ClFN5O/c1-14-11-17(5-6-18(14)22)27-13-19(23-24-27)20(28)26-9-7-25(8-10-26)16-4-2-3-15(21)12-16/h2-6,11-13H,7-10H2,1H3. The number of carbonyl (C=O) groups excluding carboxylic acids is 1. The highest BCUT2D eigenvalue weighted by molar-refractivity contribution is 6.30. The maximum Gasteiger partial charge on any atom is 0.276 e. The molecule has 2 aromatic carbocycles. The summed E-state index contributed by atoms with van der Waals surface area (Å²) in [6, 6.07) is 12.4. The Morgan fingerprint density at radius 2 is 1.86 bits per heavy atom. The summed E-state index contributed by atoms with van der Waals surface area (Å²) in [4.78, 5) is 16.7. The average molecular weight is 400 g/mol. The van der Waals surface area contributed by atoms with E-state index in [-0.39, 0.29) is 17.4 Å². The van der Waals surface area contributed by atoms with Crippen LogP contribution in [0.1, 0.15) is 16.1 Å². The first-order chi connectivity index (χ1) is 13.5. The summed E-state index contributed by atoms with van der Waals surface area (Å²) < 4.78 is 14.9. The normalized spacial score (nSPS) is 14.4. The number of hydrogen-bond acceptors (Lipinski definition) is 4. The third kappa shape index (κ3) is 3.71. The van der Waals surface area contributed by atoms with Crippen molar-refractivity contribution in [3.63, 3.8) is 0 Å². The molecule has 0 radical (unpaired) electrons. The molecule has 2 heterocycles. The molecule has 4 rings (SSSR count). The third-order valence-corrected chi connectivity index (χ3v) is 5.09. The van der Waals surface area contributed by atoms with E-state index in [2.05, 4.69) is 15.2 Å². The molecule has 0 unspecified atom stereocenters. The number of amides is 1. The summed E-state index contributed by atoms with van der Waals surface area (Å²) in [5.41, 5.74) is 2.50. The van der Waals surface area contributed by atoms with Crippen LogP contribution in [0.15, 0.2) is 48.7 Å². The lowest BCUT2D eigenvalue weighted by Crippen LogP contribution is -2.48. The third-order valence-electron chi connectivity index (χ3n) is 4.86. The van der Waals surface area contributed by atoms with Crippen LogP contribution in [0.3, 0.4) is 0 Å². The molecule has 6 nitrogen and oxygen atoms in total. The minimum atomic E-state index is -0.280. The number of halogens is 2. The lowest BCUT2D eigenvalue weighted by molar-refractivity contribution is 0.0740. The van der Waals surface area contributed by atoms with Gasteiger partial charge in [0, 0.05) is 36.9 Å². The molecule has 0 spiro atoms. The molecule has 0 aliphatic carbocycles. The largest absolute Gasteiger partial charge is 0.368 e. The van der Waals surface area contributed by atoms with Gasteiger partial charge in [0.15, 0.2) is 5.69 Å². The Morgan fingerprint density at radius 1 is 1.07 bits per heavy atom. The van der Waals surface area contributed by atoms with Gasteiger partial charge in [-0.25, -0.2) is 9.07 Å². The van der Waals surface area contributed by atoms with Crippen LogP contribution in [0.5, 0.6) is 0 Å². The quantitative estimate of drug-likeness (QED) is 0.678. The van der Waals surface area contributed by atoms with Crippen LogP contribution in [-0.4, -0.2) is 52.0 Å². The minimum Gasteiger partial charge on any atom is -0.368 e. The lowest BCUT2D eigenvalue weighted by atomic mass is 10.2. The molecule has 144 valence electrons. The topological polar surface area (TPSA) is 54.3 Å². The Balaban J connectivity index is 1.43. The van der Waals surface area contributed by atoms with Gasteiger partial charge >= 0.3 is 0 Å². The summed E-state index contributed by atoms with van der Waals surface area (Å²) in [6.45, 7) is 4.30. The summed E-state index contributed by atoms with van der Waals surface area (Å²) >= 11 is 6.06. The van der Waals surface area contributed by atoms with Crippen LogP contribution in [0.2, 0.25) is 5.02 Å². The smallest absolute Gasteiger partial charge is 0.276 e. The van der Waals surface area contributed by atoms with Crippen molar-refractivity contribution in [1.82, 2.24) is 19.9 Å². The molecular weight excluding hydrogens is 381 g/mol. The number of rotatable bonds is 3. The number of hydrogen-bond donors (Lipinski definition) is 0. The average Bonchev–Trinajstić information content (AvgIpc) is 3.20. The first kappa shape index (κ1) is 18.4. The lowest BCUT2D eigenvalue weighted by Gasteiger charge is -2.35. The first-order valence-corrected chi connectivity index (χ1v) is 9.38. The summed E-state index contributed by atoms with van der Waals surface area (Å²) in [5, 5.41) is 8.72. The Bertz CT molecular complexity index is 1010. The van der Waals surface area contributed by atoms with Crippen LogP contribution in [0.25, 0.3) is 5.69 Å². The zero-order chi connectivity index (χ0) is 19.7. The molecular formula is C20H19ClFN5O. The fraction of sp³-hybridized carbons (Fsp3) is 0.250. The van der Waals surface area contributed by atoms with E-state index in [0.717, 1.165) is 18.8 Å². The maximum atomic E-state index is 13.4. The maximum absolute atomic E-state index is 13.4. The molecule has 3 aromatic rings. The van der Waals surface area contributed by atoms with Crippen LogP contribution in [0.4, 0.5) is 10.1 Å². The number of piperazine rings is 1. The number of aromatic nitrogens is 3. The second-order valence-electron chi connectivity index (χ2n) is 6.74. The predicted molar refractivity (Wildman–Crippen MR) is 106 cm³/mol. The highest BCUT2D eigenvalue weighted by Crippen LogP contribution is 2.21. The SMILES string of the molecule is Cc1cc(-n2cc(C(=O)N3CCN(c4cccc(Cl)c4)CC3)nn2)ccc1F. The number of aryl methyl sites for hydroxylation is 1. The van der Waals surface area contributed by atoms with Crippen LogP contribution < -0.4 is 4.90 Å². The monoisotopic (exact) mass is 399 g/mol. The Hall–Kier alpha value is -2.93. The Labute approximate surface area is 167 Å². The van der Waals surface area contributed by atoms with Gasteiger partial charge < -0.3 is 9.80 Å². The van der Waals surface area contributed by atoms with Crippen LogP contribution in [0, 0.1) is 12.7 Å². The van der Waals surface area contributed by atoms with E-state index in [1.54, 1.807) is 30.2 Å². The Morgan fingerprint density at radius 3 is 2.57 bits per heavy atom. The van der Waals surface area contributed by atoms with E-state index < -0.39 is 0 Å². The fourth-order valence-electron chi connectivity index (χ4n) is 3.26. The molecule has 28 heavy (non-hydrogen) atoms. The van der Waals surface area contributed by atoms with Crippen LogP contribution >= 0.6 is 11.6 Å². The second-order valence-corrected chi connectivity index (χ2v) is 7.18. The van der Waals surface area contributed by atoms with Gasteiger partial charge in [-0.2, -0.15) is 0 Å². The number of carbonyl (C=O) groups is 1. The molecule has 1 fully saturated rings. The van der Waals surface area contributed by atoms with Gasteiger partial charge in [0.2, 0.25) is 0 Å². The number of benzene rings is 2. The second kappa shape index (κ2) is 7.59. The van der Waals surface area contributed by atoms with Crippen molar-refractivity contribution in [3.8, 4) is 5.69 Å². The number of anilines is 1. The van der Waals surface area contributed by atoms with Crippen molar-refractivity contribution in [1.29, 1.82) is 0 Å². The molecule has 0 saturated carbocycles. The molecule has 0 atom stereocenters. The zero-order valence-electron chi connectivity index (χ0n) is 15.3.